The van der Waals surface area contributed by atoms with Gasteiger partial charge in [-0.3, -0.25) is 19.1 Å². The third-order valence-electron chi connectivity index (χ3n) is 2.26. The van der Waals surface area contributed by atoms with Gasteiger partial charge < -0.3 is 4.90 Å². The summed E-state index contributed by atoms with van der Waals surface area (Å²) in [6, 6.07) is 0. The van der Waals surface area contributed by atoms with Gasteiger partial charge in [-0.2, -0.15) is 0 Å². The zero-order chi connectivity index (χ0) is 13.0. The summed E-state index contributed by atoms with van der Waals surface area (Å²) >= 11 is 3.05. The summed E-state index contributed by atoms with van der Waals surface area (Å²) in [5.41, 5.74) is -0.911. The molecule has 0 spiro atoms. The van der Waals surface area contributed by atoms with Crippen molar-refractivity contribution in [2.75, 3.05) is 14.1 Å². The van der Waals surface area contributed by atoms with E-state index in [1.54, 1.807) is 14.1 Å². The van der Waals surface area contributed by atoms with Gasteiger partial charge in [-0.25, -0.2) is 4.79 Å². The van der Waals surface area contributed by atoms with Gasteiger partial charge in [0.1, 0.15) is 0 Å². The number of rotatable bonds is 4. The van der Waals surface area contributed by atoms with E-state index in [0.717, 1.165) is 0 Å². The quantitative estimate of drug-likeness (QED) is 0.861. The molecule has 0 aliphatic carbocycles. The number of carbonyl (C=O) groups excluding carboxylic acids is 1. The van der Waals surface area contributed by atoms with Gasteiger partial charge in [-0.05, 0) is 22.4 Å². The molecule has 1 rings (SSSR count). The average molecular weight is 304 g/mol. The van der Waals surface area contributed by atoms with Crippen LogP contribution in [0.15, 0.2) is 20.3 Å². The number of carbonyl (C=O) groups is 1. The molecule has 1 heterocycles. The molecule has 1 amide bonds. The van der Waals surface area contributed by atoms with Gasteiger partial charge in [0.05, 0.1) is 4.47 Å². The summed E-state index contributed by atoms with van der Waals surface area (Å²) in [7, 11) is 3.37. The fourth-order valence-corrected chi connectivity index (χ4v) is 1.62. The molecule has 0 saturated carbocycles. The van der Waals surface area contributed by atoms with Crippen LogP contribution in [0.25, 0.3) is 0 Å². The highest BCUT2D eigenvalue weighted by atomic mass is 79.9. The molecule has 0 atom stereocenters. The number of nitrogens with one attached hydrogen (secondary N) is 1. The van der Waals surface area contributed by atoms with Crippen LogP contribution >= 0.6 is 15.9 Å². The molecule has 1 N–H and O–H groups in total. The molecule has 0 radical (unpaired) electrons. The van der Waals surface area contributed by atoms with E-state index in [1.165, 1.54) is 15.7 Å². The number of aryl methyl sites for hydroxylation is 1. The second-order valence-electron chi connectivity index (χ2n) is 3.82. The van der Waals surface area contributed by atoms with Crippen LogP contribution in [0.4, 0.5) is 0 Å². The highest BCUT2D eigenvalue weighted by Crippen LogP contribution is 2.00. The van der Waals surface area contributed by atoms with Crippen molar-refractivity contribution in [1.29, 1.82) is 0 Å². The number of aromatic nitrogens is 2. The molecule has 0 bridgehead atoms. The highest BCUT2D eigenvalue weighted by Gasteiger charge is 2.05. The second-order valence-corrected chi connectivity index (χ2v) is 4.68. The van der Waals surface area contributed by atoms with Crippen LogP contribution in [0, 0.1) is 0 Å². The van der Waals surface area contributed by atoms with Crippen LogP contribution in [0.1, 0.15) is 12.8 Å². The summed E-state index contributed by atoms with van der Waals surface area (Å²) in [6.07, 6.45) is 2.35. The van der Waals surface area contributed by atoms with Crippen molar-refractivity contribution < 1.29 is 4.79 Å². The number of amides is 1. The van der Waals surface area contributed by atoms with Crippen LogP contribution in [0.2, 0.25) is 0 Å². The smallest absolute Gasteiger partial charge is 0.328 e. The monoisotopic (exact) mass is 303 g/mol. The van der Waals surface area contributed by atoms with E-state index in [9.17, 15) is 14.4 Å². The van der Waals surface area contributed by atoms with Crippen molar-refractivity contribution in [2.45, 2.75) is 19.4 Å². The van der Waals surface area contributed by atoms with E-state index in [-0.39, 0.29) is 5.91 Å². The SMILES string of the molecule is CN(C)C(=O)CCCn1cc(Br)c(=O)[nH]c1=O. The minimum Gasteiger partial charge on any atom is -0.349 e. The standard InChI is InChI=1S/C10H14BrN3O3/c1-13(2)8(15)4-3-5-14-6-7(11)9(16)12-10(14)17/h6H,3-5H2,1-2H3,(H,12,16,17). The maximum absolute atomic E-state index is 11.4. The van der Waals surface area contributed by atoms with Crippen molar-refractivity contribution in [3.8, 4) is 0 Å². The van der Waals surface area contributed by atoms with Gasteiger partial charge >= 0.3 is 5.69 Å². The molecular weight excluding hydrogens is 290 g/mol. The van der Waals surface area contributed by atoms with E-state index in [0.29, 0.717) is 23.9 Å². The zero-order valence-electron chi connectivity index (χ0n) is 9.70. The number of hydrogen-bond acceptors (Lipinski definition) is 3. The molecule has 0 aliphatic heterocycles. The molecule has 7 heteroatoms. The Hall–Kier alpha value is -1.37. The maximum Gasteiger partial charge on any atom is 0.328 e. The van der Waals surface area contributed by atoms with Crippen molar-refractivity contribution in [3.63, 3.8) is 0 Å². The van der Waals surface area contributed by atoms with Gasteiger partial charge in [0.2, 0.25) is 5.91 Å². The fraction of sp³-hybridized carbons (Fsp3) is 0.500. The second kappa shape index (κ2) is 5.81. The predicted octanol–water partition coefficient (Wildman–Crippen LogP) is 0.167. The fourth-order valence-electron chi connectivity index (χ4n) is 1.27. The summed E-state index contributed by atoms with van der Waals surface area (Å²) < 4.78 is 1.67. The predicted molar refractivity (Wildman–Crippen MR) is 67.0 cm³/mol. The van der Waals surface area contributed by atoms with Crippen LogP contribution in [-0.4, -0.2) is 34.5 Å². The largest absolute Gasteiger partial charge is 0.349 e. The first-order chi connectivity index (χ1) is 7.91. The molecule has 0 saturated heterocycles. The Balaban J connectivity index is 2.65. The molecule has 0 aliphatic rings. The molecule has 1 aromatic heterocycles. The lowest BCUT2D eigenvalue weighted by atomic mass is 10.3. The number of aromatic amines is 1. The Bertz CT molecular complexity index is 518. The summed E-state index contributed by atoms with van der Waals surface area (Å²) in [4.78, 5) is 37.5. The molecule has 0 aromatic carbocycles. The Kier molecular flexibility index (Phi) is 4.68. The molecule has 6 nitrogen and oxygen atoms in total. The molecule has 94 valence electrons. The highest BCUT2D eigenvalue weighted by molar-refractivity contribution is 9.10. The third kappa shape index (κ3) is 3.85. The molecular formula is C10H14BrN3O3. The van der Waals surface area contributed by atoms with Gasteiger partial charge in [0.25, 0.3) is 5.56 Å². The van der Waals surface area contributed by atoms with E-state index in [2.05, 4.69) is 20.9 Å². The van der Waals surface area contributed by atoms with Crippen molar-refractivity contribution in [2.24, 2.45) is 0 Å². The number of hydrogen-bond donors (Lipinski definition) is 1. The Morgan fingerprint density at radius 3 is 2.71 bits per heavy atom. The molecule has 0 fully saturated rings. The number of halogens is 1. The van der Waals surface area contributed by atoms with Crippen molar-refractivity contribution in [3.05, 3.63) is 31.5 Å². The van der Waals surface area contributed by atoms with E-state index in [1.807, 2.05) is 0 Å². The van der Waals surface area contributed by atoms with Crippen molar-refractivity contribution in [1.82, 2.24) is 14.5 Å². The lowest BCUT2D eigenvalue weighted by Gasteiger charge is -2.10. The van der Waals surface area contributed by atoms with Crippen molar-refractivity contribution >= 4 is 21.8 Å². The van der Waals surface area contributed by atoms with Gasteiger partial charge in [0.15, 0.2) is 0 Å². The molecule has 17 heavy (non-hydrogen) atoms. The molecule has 1 aromatic rings. The first-order valence-electron chi connectivity index (χ1n) is 5.11. The number of H-pyrrole nitrogens is 1. The van der Waals surface area contributed by atoms with Gasteiger partial charge in [-0.15, -0.1) is 0 Å². The zero-order valence-corrected chi connectivity index (χ0v) is 11.3. The van der Waals surface area contributed by atoms with Crippen LogP contribution in [-0.2, 0) is 11.3 Å². The summed E-state index contributed by atoms with van der Waals surface area (Å²) in [6.45, 7) is 0.397. The minimum atomic E-state index is -0.462. The van der Waals surface area contributed by atoms with E-state index in [4.69, 9.17) is 0 Å². The Morgan fingerprint density at radius 1 is 1.47 bits per heavy atom. The maximum atomic E-state index is 11.4. The van der Waals surface area contributed by atoms with Gasteiger partial charge in [0, 0.05) is 33.3 Å². The normalized spacial score (nSPS) is 10.3. The van der Waals surface area contributed by atoms with Crippen LogP contribution < -0.4 is 11.2 Å². The first kappa shape index (κ1) is 13.7. The Labute approximate surface area is 106 Å². The lowest BCUT2D eigenvalue weighted by Crippen LogP contribution is -2.30. The summed E-state index contributed by atoms with van der Waals surface area (Å²) in [5, 5.41) is 0. The van der Waals surface area contributed by atoms with Crippen LogP contribution in [0.5, 0.6) is 0 Å². The average Bonchev–Trinajstić information content (AvgIpc) is 2.25. The third-order valence-corrected chi connectivity index (χ3v) is 2.82. The Morgan fingerprint density at radius 2 is 2.12 bits per heavy atom. The topological polar surface area (TPSA) is 75.2 Å². The minimum absolute atomic E-state index is 0.0153. The molecule has 0 unspecified atom stereocenters. The van der Waals surface area contributed by atoms with Gasteiger partial charge in [-0.1, -0.05) is 0 Å². The van der Waals surface area contributed by atoms with E-state index >= 15 is 0 Å². The number of nitrogens with zero attached hydrogens (tertiary/aromatic N) is 2. The first-order valence-corrected chi connectivity index (χ1v) is 5.90. The van der Waals surface area contributed by atoms with E-state index < -0.39 is 11.2 Å². The van der Waals surface area contributed by atoms with Crippen LogP contribution in [0.3, 0.4) is 0 Å². The summed E-state index contributed by atoms with van der Waals surface area (Å²) in [5.74, 6) is 0.0153. The lowest BCUT2D eigenvalue weighted by molar-refractivity contribution is -0.128.